The van der Waals surface area contributed by atoms with Crippen molar-refractivity contribution >= 4 is 0 Å². The molecule has 3 saturated carbocycles. The summed E-state index contributed by atoms with van der Waals surface area (Å²) >= 11 is 0. The van der Waals surface area contributed by atoms with E-state index in [1.165, 1.54) is 17.5 Å². The molecule has 1 N–H and O–H groups in total. The van der Waals surface area contributed by atoms with Crippen LogP contribution in [-0.4, -0.2) is 30.1 Å². The van der Waals surface area contributed by atoms with E-state index in [1.54, 1.807) is 6.07 Å². The van der Waals surface area contributed by atoms with Crippen molar-refractivity contribution < 1.29 is 5.11 Å². The summed E-state index contributed by atoms with van der Waals surface area (Å²) in [5.74, 6) is 3.84. The summed E-state index contributed by atoms with van der Waals surface area (Å²) < 4.78 is 0. The molecule has 2 heteroatoms. The van der Waals surface area contributed by atoms with Crippen molar-refractivity contribution in [2.75, 3.05) is 20.1 Å². The number of rotatable bonds is 6. The summed E-state index contributed by atoms with van der Waals surface area (Å²) in [4.78, 5) is 2.54. The van der Waals surface area contributed by atoms with E-state index in [4.69, 9.17) is 0 Å². The Labute approximate surface area is 170 Å². The van der Waals surface area contributed by atoms with Crippen LogP contribution in [0.1, 0.15) is 44.2 Å². The van der Waals surface area contributed by atoms with E-state index in [-0.39, 0.29) is 0 Å². The molecule has 3 aliphatic carbocycles. The van der Waals surface area contributed by atoms with Gasteiger partial charge < -0.3 is 10.0 Å². The molecule has 0 radical (unpaired) electrons. The molecule has 5 rings (SSSR count). The van der Waals surface area contributed by atoms with E-state index in [2.05, 4.69) is 69.1 Å². The first-order chi connectivity index (χ1) is 13.4. The molecule has 0 spiro atoms. The van der Waals surface area contributed by atoms with E-state index < -0.39 is 0 Å². The van der Waals surface area contributed by atoms with Crippen LogP contribution >= 0.6 is 0 Å². The molecule has 5 atom stereocenters. The zero-order valence-corrected chi connectivity index (χ0v) is 17.8. The van der Waals surface area contributed by atoms with Crippen LogP contribution in [0.4, 0.5) is 0 Å². The van der Waals surface area contributed by atoms with Crippen molar-refractivity contribution in [3.63, 3.8) is 0 Å². The van der Waals surface area contributed by atoms with E-state index in [9.17, 15) is 5.11 Å². The van der Waals surface area contributed by atoms with Crippen LogP contribution in [0, 0.1) is 29.1 Å². The van der Waals surface area contributed by atoms with E-state index in [1.807, 2.05) is 12.1 Å². The van der Waals surface area contributed by atoms with Gasteiger partial charge in [0, 0.05) is 13.1 Å². The Hall–Kier alpha value is -1.80. The van der Waals surface area contributed by atoms with Gasteiger partial charge in [0.15, 0.2) is 0 Å². The second-order valence-corrected chi connectivity index (χ2v) is 9.91. The molecule has 2 bridgehead atoms. The third-order valence-corrected chi connectivity index (χ3v) is 8.00. The molecule has 2 aromatic rings. The number of benzene rings is 2. The van der Waals surface area contributed by atoms with Gasteiger partial charge in [0.25, 0.3) is 0 Å². The molecule has 0 amide bonds. The molecule has 0 aromatic heterocycles. The number of fused-ring (bicyclic) bond motifs is 2. The normalized spacial score (nSPS) is 30.8. The van der Waals surface area contributed by atoms with Crippen molar-refractivity contribution in [3.8, 4) is 5.75 Å². The van der Waals surface area contributed by atoms with Gasteiger partial charge in [-0.05, 0) is 78.2 Å². The number of hydrogen-bond acceptors (Lipinski definition) is 2. The van der Waals surface area contributed by atoms with Crippen molar-refractivity contribution in [1.29, 1.82) is 0 Å². The zero-order valence-electron chi connectivity index (χ0n) is 17.8. The smallest absolute Gasteiger partial charge is 0.115 e. The fraction of sp³-hybridized carbons (Fsp3) is 0.538. The average Bonchev–Trinajstić information content (AvgIpc) is 2.66. The lowest BCUT2D eigenvalue weighted by Crippen LogP contribution is -2.60. The van der Waals surface area contributed by atoms with Gasteiger partial charge in [-0.2, -0.15) is 0 Å². The summed E-state index contributed by atoms with van der Waals surface area (Å²) in [6.45, 7) is 9.65. The van der Waals surface area contributed by atoms with Crippen molar-refractivity contribution in [2.45, 2.75) is 39.5 Å². The number of phenolic OH excluding ortho intramolecular Hbond substituents is 1. The second kappa shape index (κ2) is 7.55. The van der Waals surface area contributed by atoms with Crippen LogP contribution < -0.4 is 0 Å². The summed E-state index contributed by atoms with van der Waals surface area (Å²) in [7, 11) is 2.28. The van der Waals surface area contributed by atoms with Gasteiger partial charge in [0.05, 0.1) is 0 Å². The molecule has 3 aliphatic rings. The molecule has 0 unspecified atom stereocenters. The number of nitrogens with zero attached hydrogens (tertiary/aromatic N) is 1. The molecular formula is C26H35NO. The third kappa shape index (κ3) is 3.48. The second-order valence-electron chi connectivity index (χ2n) is 9.91. The highest BCUT2D eigenvalue weighted by atomic mass is 16.3. The molecule has 0 aliphatic heterocycles. The Morgan fingerprint density at radius 1 is 1.04 bits per heavy atom. The lowest BCUT2D eigenvalue weighted by molar-refractivity contribution is -0.154. The molecule has 150 valence electrons. The molecule has 0 heterocycles. The first-order valence-electron chi connectivity index (χ1n) is 10.9. The molecule has 3 fully saturated rings. The van der Waals surface area contributed by atoms with Crippen LogP contribution in [0.15, 0.2) is 54.6 Å². The summed E-state index contributed by atoms with van der Waals surface area (Å²) in [6.07, 6.45) is 2.48. The average molecular weight is 378 g/mol. The van der Waals surface area contributed by atoms with Crippen LogP contribution in [0.25, 0.3) is 0 Å². The number of hydrogen-bond donors (Lipinski definition) is 1. The maximum absolute atomic E-state index is 10.1. The fourth-order valence-corrected chi connectivity index (χ4v) is 6.44. The predicted molar refractivity (Wildman–Crippen MR) is 117 cm³/mol. The van der Waals surface area contributed by atoms with Crippen LogP contribution in [0.3, 0.4) is 0 Å². The SMILES string of the molecule is C[C@H]1[C@@H](c2cccc(O)c2)[C@H](CN(C)CCc2ccccc2)[C@@H]2C[C@H]1C2(C)C. The van der Waals surface area contributed by atoms with Crippen LogP contribution in [0.5, 0.6) is 5.75 Å². The predicted octanol–water partition coefficient (Wildman–Crippen LogP) is 5.58. The first kappa shape index (κ1) is 19.5. The van der Waals surface area contributed by atoms with Gasteiger partial charge >= 0.3 is 0 Å². The van der Waals surface area contributed by atoms with Gasteiger partial charge in [-0.15, -0.1) is 0 Å². The van der Waals surface area contributed by atoms with Crippen LogP contribution in [-0.2, 0) is 6.42 Å². The topological polar surface area (TPSA) is 23.5 Å². The molecule has 28 heavy (non-hydrogen) atoms. The maximum Gasteiger partial charge on any atom is 0.115 e. The van der Waals surface area contributed by atoms with E-state index in [0.29, 0.717) is 28.9 Å². The van der Waals surface area contributed by atoms with Gasteiger partial charge in [-0.3, -0.25) is 0 Å². The highest BCUT2D eigenvalue weighted by molar-refractivity contribution is 5.33. The Bertz CT molecular complexity index is 799. The van der Waals surface area contributed by atoms with E-state index in [0.717, 1.165) is 31.3 Å². The first-order valence-corrected chi connectivity index (χ1v) is 10.9. The highest BCUT2D eigenvalue weighted by Gasteiger charge is 2.60. The van der Waals surface area contributed by atoms with E-state index >= 15 is 0 Å². The summed E-state index contributed by atoms with van der Waals surface area (Å²) in [5, 5.41) is 10.1. The summed E-state index contributed by atoms with van der Waals surface area (Å²) in [6, 6.07) is 18.9. The zero-order chi connectivity index (χ0) is 19.9. The number of likely N-dealkylation sites (N-methyl/N-ethyl adjacent to an activating group) is 1. The Balaban J connectivity index is 1.52. The molecule has 0 saturated heterocycles. The molecule has 2 nitrogen and oxygen atoms in total. The van der Waals surface area contributed by atoms with Crippen LogP contribution in [0.2, 0.25) is 0 Å². The summed E-state index contributed by atoms with van der Waals surface area (Å²) in [5.41, 5.74) is 3.19. The largest absolute Gasteiger partial charge is 0.508 e. The lowest BCUT2D eigenvalue weighted by atomic mass is 9.39. The quantitative estimate of drug-likeness (QED) is 0.710. The third-order valence-electron chi connectivity index (χ3n) is 8.00. The van der Waals surface area contributed by atoms with Crippen molar-refractivity contribution in [1.82, 2.24) is 4.90 Å². The Morgan fingerprint density at radius 3 is 2.46 bits per heavy atom. The van der Waals surface area contributed by atoms with Crippen molar-refractivity contribution in [2.24, 2.45) is 29.1 Å². The van der Waals surface area contributed by atoms with Gasteiger partial charge in [-0.1, -0.05) is 63.2 Å². The lowest BCUT2D eigenvalue weighted by Gasteiger charge is -2.66. The number of aromatic hydroxyl groups is 1. The minimum absolute atomic E-state index is 0.402. The molecular weight excluding hydrogens is 342 g/mol. The van der Waals surface area contributed by atoms with Gasteiger partial charge in [0.1, 0.15) is 5.75 Å². The monoisotopic (exact) mass is 377 g/mol. The van der Waals surface area contributed by atoms with Gasteiger partial charge in [0.2, 0.25) is 0 Å². The van der Waals surface area contributed by atoms with Crippen molar-refractivity contribution in [3.05, 3.63) is 65.7 Å². The maximum atomic E-state index is 10.1. The van der Waals surface area contributed by atoms with Gasteiger partial charge in [-0.25, -0.2) is 0 Å². The standard InChI is InChI=1S/C26H35NO/c1-18-23-16-24(26(23,2)3)22(25(18)20-11-8-12-21(28)15-20)17-27(4)14-13-19-9-6-5-7-10-19/h5-12,15,18,22-25,28H,13-14,16-17H2,1-4H3/t18-,22-,23-,24+,25+/m1/s1. The Kier molecular flexibility index (Phi) is 5.26. The minimum atomic E-state index is 0.402. The number of phenols is 1. The minimum Gasteiger partial charge on any atom is -0.508 e. The fourth-order valence-electron chi connectivity index (χ4n) is 6.44. The Morgan fingerprint density at radius 2 is 1.79 bits per heavy atom. The molecule has 2 aromatic carbocycles. The highest BCUT2D eigenvalue weighted by Crippen LogP contribution is 2.67.